The van der Waals surface area contributed by atoms with Crippen LogP contribution in [0.5, 0.6) is 0 Å². The third-order valence-corrected chi connectivity index (χ3v) is 7.88. The molecule has 0 saturated carbocycles. The van der Waals surface area contributed by atoms with Crippen LogP contribution in [-0.4, -0.2) is 43.5 Å². The van der Waals surface area contributed by atoms with Crippen molar-refractivity contribution in [2.75, 3.05) is 18.8 Å². The second kappa shape index (κ2) is 11.4. The Kier molecular flexibility index (Phi) is 8.67. The van der Waals surface area contributed by atoms with Gasteiger partial charge in [0.1, 0.15) is 0 Å². The summed E-state index contributed by atoms with van der Waals surface area (Å²) in [5.41, 5.74) is 2.41. The largest absolute Gasteiger partial charge is 0.353 e. The van der Waals surface area contributed by atoms with E-state index >= 15 is 0 Å². The maximum Gasteiger partial charge on any atom is 0.224 e. The number of carbonyl (C=O) groups is 1. The Labute approximate surface area is 186 Å². The van der Waals surface area contributed by atoms with Crippen LogP contribution in [0.4, 0.5) is 0 Å². The van der Waals surface area contributed by atoms with E-state index in [9.17, 15) is 13.2 Å². The van der Waals surface area contributed by atoms with Gasteiger partial charge in [-0.25, -0.2) is 12.7 Å². The van der Waals surface area contributed by atoms with Crippen LogP contribution in [0.25, 0.3) is 0 Å². The molecule has 2 atom stereocenters. The fourth-order valence-electron chi connectivity index (χ4n) is 4.10. The molecule has 1 heterocycles. The number of amides is 1. The van der Waals surface area contributed by atoms with Gasteiger partial charge in [-0.3, -0.25) is 4.79 Å². The summed E-state index contributed by atoms with van der Waals surface area (Å²) >= 11 is 0. The molecule has 1 aliphatic rings. The number of sulfonamides is 1. The Hall–Kier alpha value is -2.18. The average molecular weight is 443 g/mol. The third-order valence-electron chi connectivity index (χ3n) is 5.96. The van der Waals surface area contributed by atoms with Gasteiger partial charge in [-0.15, -0.1) is 0 Å². The molecule has 1 N–H and O–H groups in total. The van der Waals surface area contributed by atoms with Crippen molar-refractivity contribution in [1.29, 1.82) is 0 Å². The van der Waals surface area contributed by atoms with Crippen LogP contribution in [0.15, 0.2) is 60.7 Å². The van der Waals surface area contributed by atoms with Crippen LogP contribution in [-0.2, 0) is 27.7 Å². The second-order valence-electron chi connectivity index (χ2n) is 8.54. The van der Waals surface area contributed by atoms with Gasteiger partial charge in [-0.1, -0.05) is 60.7 Å². The molecule has 0 unspecified atom stereocenters. The molecule has 31 heavy (non-hydrogen) atoms. The predicted octanol–water partition coefficient (Wildman–Crippen LogP) is 3.80. The van der Waals surface area contributed by atoms with Crippen molar-refractivity contribution in [3.05, 3.63) is 71.8 Å². The lowest BCUT2D eigenvalue weighted by Crippen LogP contribution is -2.47. The van der Waals surface area contributed by atoms with Crippen molar-refractivity contribution in [2.24, 2.45) is 5.92 Å². The molecule has 2 aromatic carbocycles. The number of aryl methyl sites for hydroxylation is 2. The van der Waals surface area contributed by atoms with Gasteiger partial charge in [-0.05, 0) is 56.6 Å². The number of carbonyl (C=O) groups excluding carboxylic acids is 1. The number of hydrogen-bond acceptors (Lipinski definition) is 3. The first-order valence-corrected chi connectivity index (χ1v) is 12.9. The molecule has 0 bridgehead atoms. The van der Waals surface area contributed by atoms with Gasteiger partial charge in [0.2, 0.25) is 15.9 Å². The Morgan fingerprint density at radius 1 is 1.03 bits per heavy atom. The molecule has 0 aliphatic carbocycles. The highest BCUT2D eigenvalue weighted by atomic mass is 32.2. The zero-order chi connectivity index (χ0) is 22.1. The van der Waals surface area contributed by atoms with Crippen molar-refractivity contribution in [3.8, 4) is 0 Å². The lowest BCUT2D eigenvalue weighted by molar-refractivity contribution is -0.126. The standard InChI is InChI=1S/C25H34N2O3S/c1-21(16-17-23-12-6-3-7-13-23)26-25(28)24-15-8-18-27(20-24)31(29,30)19-9-14-22-10-4-2-5-11-22/h2-7,10-13,21,24H,8-9,14-20H2,1H3,(H,26,28)/t21-,24+/m1/s1. The minimum Gasteiger partial charge on any atom is -0.353 e. The maximum atomic E-state index is 12.8. The minimum atomic E-state index is -3.34. The molecule has 1 fully saturated rings. The SMILES string of the molecule is C[C@H](CCc1ccccc1)NC(=O)[C@H]1CCCN(S(=O)(=O)CCCc2ccccc2)C1. The van der Waals surface area contributed by atoms with Gasteiger partial charge < -0.3 is 5.32 Å². The zero-order valence-corrected chi connectivity index (χ0v) is 19.2. The minimum absolute atomic E-state index is 0.0234. The summed E-state index contributed by atoms with van der Waals surface area (Å²) in [5, 5.41) is 3.10. The first kappa shape index (κ1) is 23.5. The van der Waals surface area contributed by atoms with E-state index in [1.165, 1.54) is 9.87 Å². The summed E-state index contributed by atoms with van der Waals surface area (Å²) in [6, 6.07) is 20.2. The van der Waals surface area contributed by atoms with Crippen LogP contribution < -0.4 is 5.32 Å². The summed E-state index contributed by atoms with van der Waals surface area (Å²) in [5.74, 6) is -0.162. The van der Waals surface area contributed by atoms with Crippen LogP contribution in [0.1, 0.15) is 43.7 Å². The first-order valence-electron chi connectivity index (χ1n) is 11.3. The van der Waals surface area contributed by atoms with Crippen LogP contribution in [0, 0.1) is 5.92 Å². The van der Waals surface area contributed by atoms with E-state index in [-0.39, 0.29) is 23.6 Å². The second-order valence-corrected chi connectivity index (χ2v) is 10.6. The highest BCUT2D eigenvalue weighted by molar-refractivity contribution is 7.89. The Balaban J connectivity index is 1.45. The number of benzene rings is 2. The van der Waals surface area contributed by atoms with E-state index in [4.69, 9.17) is 0 Å². The quantitative estimate of drug-likeness (QED) is 0.609. The van der Waals surface area contributed by atoms with Crippen molar-refractivity contribution >= 4 is 15.9 Å². The van der Waals surface area contributed by atoms with E-state index in [0.717, 1.165) is 37.7 Å². The van der Waals surface area contributed by atoms with E-state index < -0.39 is 10.0 Å². The average Bonchev–Trinajstić information content (AvgIpc) is 2.79. The van der Waals surface area contributed by atoms with Gasteiger partial charge in [0.05, 0.1) is 11.7 Å². The number of hydrogen-bond donors (Lipinski definition) is 1. The Morgan fingerprint density at radius 3 is 2.29 bits per heavy atom. The highest BCUT2D eigenvalue weighted by Crippen LogP contribution is 2.21. The molecule has 0 aromatic heterocycles. The number of rotatable bonds is 10. The fourth-order valence-corrected chi connectivity index (χ4v) is 5.68. The van der Waals surface area contributed by atoms with Gasteiger partial charge in [0, 0.05) is 19.1 Å². The normalized spacial score (nSPS) is 18.4. The number of piperidine rings is 1. The van der Waals surface area contributed by atoms with Gasteiger partial charge >= 0.3 is 0 Å². The molecular formula is C25H34N2O3S. The highest BCUT2D eigenvalue weighted by Gasteiger charge is 2.32. The van der Waals surface area contributed by atoms with E-state index in [2.05, 4.69) is 17.4 Å². The van der Waals surface area contributed by atoms with Gasteiger partial charge in [0.15, 0.2) is 0 Å². The topological polar surface area (TPSA) is 66.5 Å². The van der Waals surface area contributed by atoms with Gasteiger partial charge in [0.25, 0.3) is 0 Å². The molecule has 1 aliphatic heterocycles. The third kappa shape index (κ3) is 7.47. The lowest BCUT2D eigenvalue weighted by atomic mass is 9.98. The molecule has 0 radical (unpaired) electrons. The first-order chi connectivity index (χ1) is 14.9. The van der Waals surface area contributed by atoms with Crippen molar-refractivity contribution in [3.63, 3.8) is 0 Å². The molecule has 5 nitrogen and oxygen atoms in total. The molecular weight excluding hydrogens is 408 g/mol. The lowest BCUT2D eigenvalue weighted by Gasteiger charge is -2.32. The van der Waals surface area contributed by atoms with E-state index in [0.29, 0.717) is 19.5 Å². The van der Waals surface area contributed by atoms with E-state index in [1.54, 1.807) is 0 Å². The molecule has 6 heteroatoms. The Morgan fingerprint density at radius 2 is 1.65 bits per heavy atom. The monoisotopic (exact) mass is 442 g/mol. The molecule has 0 spiro atoms. The van der Waals surface area contributed by atoms with Gasteiger partial charge in [-0.2, -0.15) is 0 Å². The summed E-state index contributed by atoms with van der Waals surface area (Å²) in [6.45, 7) is 2.83. The van der Waals surface area contributed by atoms with Crippen molar-refractivity contribution in [1.82, 2.24) is 9.62 Å². The van der Waals surface area contributed by atoms with Crippen LogP contribution in [0.3, 0.4) is 0 Å². The fraction of sp³-hybridized carbons (Fsp3) is 0.480. The number of nitrogens with zero attached hydrogens (tertiary/aromatic N) is 1. The Bertz CT molecular complexity index is 916. The summed E-state index contributed by atoms with van der Waals surface area (Å²) in [6.07, 6.45) is 4.59. The predicted molar refractivity (Wildman–Crippen MR) is 125 cm³/mol. The summed E-state index contributed by atoms with van der Waals surface area (Å²) in [7, 11) is -3.34. The van der Waals surface area contributed by atoms with Crippen LogP contribution in [0.2, 0.25) is 0 Å². The van der Waals surface area contributed by atoms with Crippen molar-refractivity contribution in [2.45, 2.75) is 51.5 Å². The maximum absolute atomic E-state index is 12.8. The zero-order valence-electron chi connectivity index (χ0n) is 18.4. The summed E-state index contributed by atoms with van der Waals surface area (Å²) < 4.78 is 27.2. The van der Waals surface area contributed by atoms with Crippen molar-refractivity contribution < 1.29 is 13.2 Å². The molecule has 1 amide bonds. The molecule has 1 saturated heterocycles. The molecule has 2 aromatic rings. The van der Waals surface area contributed by atoms with E-state index in [1.807, 2.05) is 55.5 Å². The summed E-state index contributed by atoms with van der Waals surface area (Å²) in [4.78, 5) is 12.8. The molecule has 168 valence electrons. The van der Waals surface area contributed by atoms with Crippen LogP contribution >= 0.6 is 0 Å². The molecule has 3 rings (SSSR count). The number of nitrogens with one attached hydrogen (secondary N) is 1. The smallest absolute Gasteiger partial charge is 0.224 e.